The third kappa shape index (κ3) is 3.57. The van der Waals surface area contributed by atoms with Crippen LogP contribution in [0.1, 0.15) is 30.3 Å². The first-order valence-corrected chi connectivity index (χ1v) is 6.63. The molecule has 1 aromatic rings. The van der Waals surface area contributed by atoms with Gasteiger partial charge in [-0.05, 0) is 25.3 Å². The first kappa shape index (κ1) is 13.1. The highest BCUT2D eigenvalue weighted by molar-refractivity contribution is 5.91. The Morgan fingerprint density at radius 3 is 3.11 bits per heavy atom. The molecule has 0 saturated carbocycles. The first-order chi connectivity index (χ1) is 8.65. The van der Waals surface area contributed by atoms with Gasteiger partial charge in [0.05, 0.1) is 6.33 Å². The van der Waals surface area contributed by atoms with Crippen LogP contribution in [0.25, 0.3) is 0 Å². The Hall–Kier alpha value is -1.36. The van der Waals surface area contributed by atoms with Crippen molar-refractivity contribution in [2.75, 3.05) is 26.2 Å². The molecule has 5 nitrogen and oxygen atoms in total. The van der Waals surface area contributed by atoms with Gasteiger partial charge >= 0.3 is 0 Å². The summed E-state index contributed by atoms with van der Waals surface area (Å²) in [6, 6.07) is 0. The molecule has 100 valence electrons. The van der Waals surface area contributed by atoms with Gasteiger partial charge in [0.15, 0.2) is 0 Å². The lowest BCUT2D eigenvalue weighted by Crippen LogP contribution is -2.40. The Balaban J connectivity index is 1.70. The zero-order chi connectivity index (χ0) is 13.0. The van der Waals surface area contributed by atoms with Crippen molar-refractivity contribution in [2.45, 2.75) is 19.8 Å². The fourth-order valence-electron chi connectivity index (χ4n) is 2.44. The lowest BCUT2D eigenvalue weighted by atomic mass is 10.0. The number of aromatic nitrogens is 2. The highest BCUT2D eigenvalue weighted by atomic mass is 16.1. The molecule has 1 fully saturated rings. The molecule has 1 unspecified atom stereocenters. The van der Waals surface area contributed by atoms with E-state index in [0.717, 1.165) is 25.6 Å². The largest absolute Gasteiger partial charge is 0.349 e. The van der Waals surface area contributed by atoms with E-state index in [0.29, 0.717) is 12.2 Å². The molecule has 0 bridgehead atoms. The van der Waals surface area contributed by atoms with Crippen LogP contribution in [0.2, 0.25) is 0 Å². The number of hydrogen-bond acceptors (Lipinski definition) is 3. The van der Waals surface area contributed by atoms with Gasteiger partial charge in [-0.25, -0.2) is 4.98 Å². The van der Waals surface area contributed by atoms with Gasteiger partial charge in [-0.2, -0.15) is 0 Å². The lowest BCUT2D eigenvalue weighted by molar-refractivity contribution is 0.0939. The third-order valence-electron chi connectivity index (χ3n) is 3.39. The molecule has 1 saturated heterocycles. The van der Waals surface area contributed by atoms with Crippen LogP contribution in [0.4, 0.5) is 0 Å². The number of rotatable bonds is 4. The van der Waals surface area contributed by atoms with Crippen molar-refractivity contribution in [1.82, 2.24) is 19.8 Å². The van der Waals surface area contributed by atoms with Crippen LogP contribution >= 0.6 is 0 Å². The molecule has 2 heterocycles. The predicted octanol–water partition coefficient (Wildman–Crippen LogP) is 0.882. The van der Waals surface area contributed by atoms with Crippen molar-refractivity contribution in [2.24, 2.45) is 13.0 Å². The summed E-state index contributed by atoms with van der Waals surface area (Å²) in [6.07, 6.45) is 5.98. The van der Waals surface area contributed by atoms with Crippen LogP contribution in [-0.2, 0) is 7.05 Å². The van der Waals surface area contributed by atoms with E-state index < -0.39 is 0 Å². The van der Waals surface area contributed by atoms with Gasteiger partial charge in [0, 0.05) is 32.9 Å². The van der Waals surface area contributed by atoms with Crippen LogP contribution in [0.15, 0.2) is 12.5 Å². The molecule has 0 radical (unpaired) electrons. The van der Waals surface area contributed by atoms with Crippen molar-refractivity contribution >= 4 is 5.91 Å². The number of aryl methyl sites for hydroxylation is 1. The molecule has 5 heteroatoms. The fourth-order valence-corrected chi connectivity index (χ4v) is 2.44. The number of likely N-dealkylation sites (tertiary alicyclic amines) is 1. The van der Waals surface area contributed by atoms with Gasteiger partial charge in [-0.1, -0.05) is 6.92 Å². The predicted molar refractivity (Wildman–Crippen MR) is 70.4 cm³/mol. The van der Waals surface area contributed by atoms with Crippen molar-refractivity contribution in [3.8, 4) is 0 Å². The molecule has 1 aromatic heterocycles. The van der Waals surface area contributed by atoms with Crippen LogP contribution in [0.5, 0.6) is 0 Å². The summed E-state index contributed by atoms with van der Waals surface area (Å²) in [5.41, 5.74) is 0.490. The number of imidazole rings is 1. The second-order valence-corrected chi connectivity index (χ2v) is 5.23. The standard InChI is InChI=1S/C13H22N4O/c1-11-4-3-6-17(8-11)7-5-14-13(18)12-9-16(2)10-15-12/h9-11H,3-8H2,1-2H3,(H,14,18). The topological polar surface area (TPSA) is 50.2 Å². The summed E-state index contributed by atoms with van der Waals surface area (Å²) in [5.74, 6) is 0.700. The number of carbonyl (C=O) groups excluding carboxylic acids is 1. The van der Waals surface area contributed by atoms with Crippen LogP contribution in [0, 0.1) is 5.92 Å². The SMILES string of the molecule is CC1CCCN(CCNC(=O)c2cn(C)cn2)C1. The van der Waals surface area contributed by atoms with E-state index in [-0.39, 0.29) is 5.91 Å². The average Bonchev–Trinajstić information content (AvgIpc) is 2.76. The molecule has 1 amide bonds. The second-order valence-electron chi connectivity index (χ2n) is 5.23. The fraction of sp³-hybridized carbons (Fsp3) is 0.692. The maximum Gasteiger partial charge on any atom is 0.271 e. The van der Waals surface area contributed by atoms with Crippen molar-refractivity contribution in [3.63, 3.8) is 0 Å². The quantitative estimate of drug-likeness (QED) is 0.863. The van der Waals surface area contributed by atoms with Crippen LogP contribution < -0.4 is 5.32 Å². The highest BCUT2D eigenvalue weighted by Crippen LogP contribution is 2.14. The third-order valence-corrected chi connectivity index (χ3v) is 3.39. The van der Waals surface area contributed by atoms with Gasteiger partial charge in [-0.15, -0.1) is 0 Å². The smallest absolute Gasteiger partial charge is 0.271 e. The molecule has 1 N–H and O–H groups in total. The second kappa shape index (κ2) is 6.00. The summed E-state index contributed by atoms with van der Waals surface area (Å²) in [5, 5.41) is 2.92. The van der Waals surface area contributed by atoms with E-state index in [1.165, 1.54) is 12.8 Å². The van der Waals surface area contributed by atoms with Crippen LogP contribution in [0.3, 0.4) is 0 Å². The molecule has 0 aromatic carbocycles. The molecule has 0 spiro atoms. The monoisotopic (exact) mass is 250 g/mol. The van der Waals surface area contributed by atoms with E-state index in [4.69, 9.17) is 0 Å². The number of piperidine rings is 1. The molecular weight excluding hydrogens is 228 g/mol. The zero-order valence-corrected chi connectivity index (χ0v) is 11.2. The number of amides is 1. The van der Waals surface area contributed by atoms with Gasteiger partial charge in [-0.3, -0.25) is 4.79 Å². The average molecular weight is 250 g/mol. The van der Waals surface area contributed by atoms with Crippen molar-refractivity contribution in [1.29, 1.82) is 0 Å². The zero-order valence-electron chi connectivity index (χ0n) is 11.2. The van der Waals surface area contributed by atoms with Gasteiger partial charge in [0.1, 0.15) is 5.69 Å². The molecule has 2 rings (SSSR count). The summed E-state index contributed by atoms with van der Waals surface area (Å²) in [7, 11) is 1.86. The molecule has 1 aliphatic heterocycles. The molecular formula is C13H22N4O. The Labute approximate surface area is 108 Å². The molecule has 0 aliphatic carbocycles. The van der Waals surface area contributed by atoms with Gasteiger partial charge < -0.3 is 14.8 Å². The Morgan fingerprint density at radius 2 is 2.44 bits per heavy atom. The Kier molecular flexibility index (Phi) is 4.36. The Bertz CT molecular complexity index is 401. The normalized spacial score (nSPS) is 20.9. The molecule has 1 atom stereocenters. The van der Waals surface area contributed by atoms with Crippen molar-refractivity contribution < 1.29 is 4.79 Å². The van der Waals surface area contributed by atoms with Gasteiger partial charge in [0.25, 0.3) is 5.91 Å². The van der Waals surface area contributed by atoms with E-state index >= 15 is 0 Å². The lowest BCUT2D eigenvalue weighted by Gasteiger charge is -2.30. The molecule has 1 aliphatic rings. The van der Waals surface area contributed by atoms with Crippen LogP contribution in [-0.4, -0.2) is 46.5 Å². The number of nitrogens with zero attached hydrogens (tertiary/aromatic N) is 3. The Morgan fingerprint density at radius 1 is 1.61 bits per heavy atom. The summed E-state index contributed by atoms with van der Waals surface area (Å²) >= 11 is 0. The van der Waals surface area contributed by atoms with Crippen molar-refractivity contribution in [3.05, 3.63) is 18.2 Å². The highest BCUT2D eigenvalue weighted by Gasteiger charge is 2.16. The molecule has 18 heavy (non-hydrogen) atoms. The minimum absolute atomic E-state index is 0.0827. The maximum atomic E-state index is 11.8. The first-order valence-electron chi connectivity index (χ1n) is 6.63. The van der Waals surface area contributed by atoms with E-state index in [2.05, 4.69) is 22.1 Å². The number of carbonyl (C=O) groups is 1. The minimum Gasteiger partial charge on any atom is -0.349 e. The van der Waals surface area contributed by atoms with E-state index in [1.807, 2.05) is 7.05 Å². The number of hydrogen-bond donors (Lipinski definition) is 1. The summed E-state index contributed by atoms with van der Waals surface area (Å²) in [4.78, 5) is 18.2. The maximum absolute atomic E-state index is 11.8. The summed E-state index contributed by atoms with van der Waals surface area (Å²) < 4.78 is 1.78. The van der Waals surface area contributed by atoms with Gasteiger partial charge in [0.2, 0.25) is 0 Å². The number of nitrogens with one attached hydrogen (secondary N) is 1. The minimum atomic E-state index is -0.0827. The van der Waals surface area contributed by atoms with E-state index in [1.54, 1.807) is 17.1 Å². The van der Waals surface area contributed by atoms with E-state index in [9.17, 15) is 4.79 Å². The summed E-state index contributed by atoms with van der Waals surface area (Å²) in [6.45, 7) is 6.23.